The Bertz CT molecular complexity index is 7540. The van der Waals surface area contributed by atoms with E-state index in [0.717, 1.165) is 245 Å². The molecule has 0 aliphatic heterocycles. The van der Waals surface area contributed by atoms with Crippen molar-refractivity contribution in [3.05, 3.63) is 507 Å². The van der Waals surface area contributed by atoms with E-state index in [-0.39, 0.29) is 63.5 Å². The van der Waals surface area contributed by atoms with E-state index in [1.165, 1.54) is 48.5 Å². The van der Waals surface area contributed by atoms with Crippen molar-refractivity contribution in [1.29, 1.82) is 0 Å². The van der Waals surface area contributed by atoms with Gasteiger partial charge in [-0.15, -0.1) is 119 Å². The third kappa shape index (κ3) is 19.3. The minimum atomic E-state index is -0.284. The van der Waals surface area contributed by atoms with Crippen molar-refractivity contribution in [3.8, 4) is 234 Å². The molecule has 22 aromatic rings. The van der Waals surface area contributed by atoms with E-state index in [2.05, 4.69) is 291 Å². The number of rotatable bonds is 21. The summed E-state index contributed by atoms with van der Waals surface area (Å²) in [7, 11) is 0. The molecule has 0 bridgehead atoms. The van der Waals surface area contributed by atoms with Crippen molar-refractivity contribution < 1.29 is 57.8 Å². The number of nitrogens with zero attached hydrogens (tertiary/aromatic N) is 6. The van der Waals surface area contributed by atoms with Gasteiger partial charge in [0, 0.05) is 65.0 Å². The molecular formula is C130H82F4Ir2N6. The van der Waals surface area contributed by atoms with Crippen molar-refractivity contribution in [2.45, 2.75) is 27.7 Å². The minimum Gasteiger partial charge on any atom is -0.332 e. The zero-order valence-electron chi connectivity index (χ0n) is 77.3. The monoisotopic (exact) mass is 2190 g/mol. The van der Waals surface area contributed by atoms with E-state index in [1.807, 2.05) is 101 Å². The first kappa shape index (κ1) is 93.1. The van der Waals surface area contributed by atoms with Crippen LogP contribution in [0.3, 0.4) is 0 Å². The molecule has 0 atom stereocenters. The SMILES string of the molecule is Cc1cc(-c2[c-]cc(-c3ccccc3-c3cc(-c4ccccc4-c4c[c-]c(-c5ncc(-c6ccccc6-c6cc(-c7ccccc7-c7c[c-]c(-c8cc(C)c(-c9ccc(F)cc9)cn8)cc7)cc(-c7ccccc7-c7c[c-]c(-c8cc(C)c(-c9ccc(F)cc9)cn8)cc7)c6)cn5)[c-]c4)cc(-c4ccccc4-c4c[c-]c(-c5cc(C)c(-c6ccc(F)cc6)cn5)cc4)c3)cc2)ncc1-c1ccc(F)cc1.[Ir+3].[Ir+3]. The molecule has 0 aliphatic carbocycles. The van der Waals surface area contributed by atoms with Crippen LogP contribution in [0, 0.1) is 87.4 Å². The molecule has 0 N–H and O–H groups in total. The van der Waals surface area contributed by atoms with Crippen LogP contribution in [-0.2, 0) is 40.2 Å². The van der Waals surface area contributed by atoms with Gasteiger partial charge in [-0.25, -0.2) is 35.3 Å². The average molecular weight is 2190 g/mol. The molecule has 22 rings (SSSR count). The summed E-state index contributed by atoms with van der Waals surface area (Å²) in [6, 6.07) is 150. The van der Waals surface area contributed by atoms with Crippen molar-refractivity contribution >= 4 is 0 Å². The van der Waals surface area contributed by atoms with Crippen LogP contribution in [0.2, 0.25) is 0 Å². The normalized spacial score (nSPS) is 11.1. The van der Waals surface area contributed by atoms with E-state index in [9.17, 15) is 17.6 Å². The second kappa shape index (κ2) is 40.9. The van der Waals surface area contributed by atoms with Gasteiger partial charge in [-0.2, -0.15) is 5.56 Å². The molecule has 5 aromatic heterocycles. The molecule has 142 heavy (non-hydrogen) atoms. The summed E-state index contributed by atoms with van der Waals surface area (Å²) in [6.07, 6.45) is 11.2. The maximum Gasteiger partial charge on any atom is 3.00 e. The molecule has 17 aromatic carbocycles. The largest absolute Gasteiger partial charge is 3.00 e. The van der Waals surface area contributed by atoms with Gasteiger partial charge in [-0.05, 0) is 258 Å². The number of aromatic nitrogens is 6. The molecular weight excluding hydrogens is 2110 g/mol. The Morgan fingerprint density at radius 3 is 0.563 bits per heavy atom. The standard InChI is InChI=1S/C130H82F4N6.2Ir/c1-81-65-126(135-77-122(81)90-49-57-106(131)58-50-90)94-39-29-85(30-40-94)110-17-5-10-22-115(110)99-69-100(116-23-11-6-18-111(116)86-31-41-95(42-32-86)127-66-82(2)123(78-136-127)91-51-59-107(132)60-52-91)71-101(70-99)119-26-14-9-21-114(119)89-37-47-98(48-38-89)130-139-75-105(76-140-130)121-28-16-15-27-120(121)104-73-102(117-24-12-7-19-112(117)87-33-43-96(44-34-87)128-67-83(3)124(79-137-128)92-53-61-108(133)62-54-92)72-103(74-104)118-25-13-8-20-113(118)88-35-45-97(46-36-88)129-68-84(4)125(80-138-129)93-55-63-109(134)64-56-93;;/h5-39,41,43,45,49-80H,1-4H3;;/q-6;2*+3. The number of hydrogen-bond acceptors (Lipinski definition) is 6. The minimum absolute atomic E-state index is 0. The summed E-state index contributed by atoms with van der Waals surface area (Å²) in [5.74, 6) is -0.665. The van der Waals surface area contributed by atoms with Gasteiger partial charge in [0.15, 0.2) is 0 Å². The van der Waals surface area contributed by atoms with Gasteiger partial charge >= 0.3 is 40.2 Å². The molecule has 678 valence electrons. The second-order valence-electron chi connectivity index (χ2n) is 35.1. The quantitative estimate of drug-likeness (QED) is 0.0527. The van der Waals surface area contributed by atoms with Gasteiger partial charge < -0.3 is 29.9 Å². The maximum atomic E-state index is 14.0. The average Bonchev–Trinajstić information content (AvgIpc) is 0.765. The fourth-order valence-corrected chi connectivity index (χ4v) is 18.9. The van der Waals surface area contributed by atoms with Crippen LogP contribution in [0.1, 0.15) is 22.3 Å². The maximum absolute atomic E-state index is 14.0. The van der Waals surface area contributed by atoms with Crippen molar-refractivity contribution in [3.63, 3.8) is 0 Å². The molecule has 12 heteroatoms. The summed E-state index contributed by atoms with van der Waals surface area (Å²) < 4.78 is 55.9. The third-order valence-electron chi connectivity index (χ3n) is 26.2. The fraction of sp³-hybridized carbons (Fsp3) is 0.0308. The Morgan fingerprint density at radius 1 is 0.169 bits per heavy atom. The molecule has 5 heterocycles. The van der Waals surface area contributed by atoms with Crippen LogP contribution < -0.4 is 0 Å². The van der Waals surface area contributed by atoms with Gasteiger partial charge in [-0.3, -0.25) is 12.1 Å². The van der Waals surface area contributed by atoms with Crippen LogP contribution in [-0.4, -0.2) is 29.9 Å². The number of halogens is 4. The predicted octanol–water partition coefficient (Wildman–Crippen LogP) is 33.6. The molecule has 6 nitrogen and oxygen atoms in total. The molecule has 0 saturated carbocycles. The molecule has 0 unspecified atom stereocenters. The van der Waals surface area contributed by atoms with Gasteiger partial charge in [0.25, 0.3) is 0 Å². The van der Waals surface area contributed by atoms with E-state index >= 15 is 0 Å². The Balaban J connectivity index is 0.00000617. The first-order chi connectivity index (χ1) is 68.6. The van der Waals surface area contributed by atoms with Gasteiger partial charge in [0.1, 0.15) is 23.3 Å². The predicted molar refractivity (Wildman–Crippen MR) is 559 cm³/mol. The number of hydrogen-bond donors (Lipinski definition) is 0. The van der Waals surface area contributed by atoms with Crippen molar-refractivity contribution in [1.82, 2.24) is 29.9 Å². The first-order valence-electron chi connectivity index (χ1n) is 46.3. The Kier molecular flexibility index (Phi) is 26.8. The summed E-state index contributed by atoms with van der Waals surface area (Å²) in [5.41, 5.74) is 42.4. The molecule has 0 fully saturated rings. The van der Waals surface area contributed by atoms with Crippen LogP contribution in [0.5, 0.6) is 0 Å². The van der Waals surface area contributed by atoms with Gasteiger partial charge in [0.05, 0.1) is 0 Å². The van der Waals surface area contributed by atoms with E-state index in [0.29, 0.717) is 11.4 Å². The molecule has 0 aliphatic rings. The summed E-state index contributed by atoms with van der Waals surface area (Å²) in [5, 5.41) is 0. The third-order valence-corrected chi connectivity index (χ3v) is 26.2. The van der Waals surface area contributed by atoms with E-state index < -0.39 is 0 Å². The van der Waals surface area contributed by atoms with Crippen LogP contribution in [0.15, 0.2) is 425 Å². The molecule has 0 radical (unpaired) electrons. The van der Waals surface area contributed by atoms with Crippen LogP contribution in [0.25, 0.3) is 234 Å². The Morgan fingerprint density at radius 2 is 0.359 bits per heavy atom. The Labute approximate surface area is 850 Å². The zero-order valence-corrected chi connectivity index (χ0v) is 82.1. The fourth-order valence-electron chi connectivity index (χ4n) is 18.9. The van der Waals surface area contributed by atoms with Gasteiger partial charge in [0.2, 0.25) is 0 Å². The first-order valence-corrected chi connectivity index (χ1v) is 46.3. The zero-order chi connectivity index (χ0) is 94.9. The smallest absolute Gasteiger partial charge is 0.332 e. The number of pyridine rings is 4. The van der Waals surface area contributed by atoms with Crippen molar-refractivity contribution in [2.24, 2.45) is 0 Å². The van der Waals surface area contributed by atoms with E-state index in [4.69, 9.17) is 29.9 Å². The number of aryl methyl sites for hydroxylation is 4. The van der Waals surface area contributed by atoms with Crippen LogP contribution in [0.4, 0.5) is 17.6 Å². The second-order valence-corrected chi connectivity index (χ2v) is 35.1. The molecule has 0 saturated heterocycles. The summed E-state index contributed by atoms with van der Waals surface area (Å²) >= 11 is 0. The molecule has 0 amide bonds. The van der Waals surface area contributed by atoms with Crippen LogP contribution >= 0.6 is 0 Å². The summed E-state index contributed by atoms with van der Waals surface area (Å²) in [4.78, 5) is 29.8. The number of benzene rings is 17. The Hall–Kier alpha value is -16.6. The van der Waals surface area contributed by atoms with E-state index in [1.54, 1.807) is 48.5 Å². The topological polar surface area (TPSA) is 77.3 Å². The summed E-state index contributed by atoms with van der Waals surface area (Å²) in [6.45, 7) is 8.19. The van der Waals surface area contributed by atoms with Gasteiger partial charge in [-0.1, -0.05) is 268 Å². The van der Waals surface area contributed by atoms with Crippen molar-refractivity contribution in [2.75, 3.05) is 0 Å². The molecule has 0 spiro atoms.